The third kappa shape index (κ3) is 6.44. The van der Waals surface area contributed by atoms with E-state index in [0.29, 0.717) is 0 Å². The first-order valence-corrected chi connectivity index (χ1v) is 21.9. The van der Waals surface area contributed by atoms with Gasteiger partial charge in [-0.1, -0.05) is 200 Å². The van der Waals surface area contributed by atoms with Gasteiger partial charge in [0.05, 0.1) is 16.8 Å². The van der Waals surface area contributed by atoms with E-state index >= 15 is 0 Å². The van der Waals surface area contributed by atoms with E-state index in [2.05, 4.69) is 248 Å². The van der Waals surface area contributed by atoms with Crippen LogP contribution in [-0.4, -0.2) is 0 Å². The number of nitrogens with zero attached hydrogens (tertiary/aromatic N) is 1. The van der Waals surface area contributed by atoms with E-state index in [9.17, 15) is 0 Å². The van der Waals surface area contributed by atoms with Crippen LogP contribution in [0.25, 0.3) is 99.1 Å². The highest BCUT2D eigenvalue weighted by Gasteiger charge is 2.23. The Balaban J connectivity index is 1.07. The molecule has 2 heteroatoms. The van der Waals surface area contributed by atoms with Crippen LogP contribution >= 0.6 is 0 Å². The molecule has 12 rings (SSSR count). The zero-order chi connectivity index (χ0) is 42.4. The number of fused-ring (bicyclic) bond motifs is 6. The normalized spacial score (nSPS) is 11.4. The molecule has 1 aromatic heterocycles. The minimum absolute atomic E-state index is 0.857. The fraction of sp³-hybridized carbons (Fsp3) is 0. The van der Waals surface area contributed by atoms with Crippen LogP contribution in [0, 0.1) is 0 Å². The van der Waals surface area contributed by atoms with Gasteiger partial charge in [-0.2, -0.15) is 0 Å². The van der Waals surface area contributed by atoms with E-state index < -0.39 is 0 Å². The third-order valence-corrected chi connectivity index (χ3v) is 12.7. The topological polar surface area (TPSA) is 16.4 Å². The number of para-hydroxylation sites is 1. The lowest BCUT2D eigenvalue weighted by Gasteiger charge is -2.29. The molecular formula is C62H41NO. The van der Waals surface area contributed by atoms with Crippen molar-refractivity contribution in [3.63, 3.8) is 0 Å². The van der Waals surface area contributed by atoms with Crippen LogP contribution in [0.15, 0.2) is 253 Å². The smallest absolute Gasteiger partial charge is 0.137 e. The molecule has 0 unspecified atom stereocenters. The van der Waals surface area contributed by atoms with Gasteiger partial charge < -0.3 is 9.32 Å². The van der Waals surface area contributed by atoms with Gasteiger partial charge in [-0.05, 0) is 120 Å². The molecule has 2 nitrogen and oxygen atoms in total. The van der Waals surface area contributed by atoms with E-state index in [0.717, 1.165) is 61.3 Å². The standard InChI is InChI=1S/C62H41NO/c1-5-18-42(19-6-1)48-35-39-56(54(40-48)44-20-7-2-8-21-44)63(57-29-17-31-59-62(57)53-28-15-16-30-58(53)64-59)49-36-32-43(33-37-49)47-34-38-51-50-26-13-14-27-52(50)60(45-22-9-3-10-23-45)61(55(51)41-47)46-24-11-4-12-25-46/h1-41H. The molecule has 0 aliphatic heterocycles. The molecule has 12 aromatic rings. The maximum absolute atomic E-state index is 6.50. The number of rotatable bonds is 8. The minimum Gasteiger partial charge on any atom is -0.456 e. The van der Waals surface area contributed by atoms with Gasteiger partial charge >= 0.3 is 0 Å². The van der Waals surface area contributed by atoms with Gasteiger partial charge in [0.2, 0.25) is 0 Å². The van der Waals surface area contributed by atoms with Crippen molar-refractivity contribution in [2.75, 3.05) is 4.90 Å². The van der Waals surface area contributed by atoms with Crippen LogP contribution in [0.4, 0.5) is 17.1 Å². The Kier molecular flexibility index (Phi) is 9.20. The van der Waals surface area contributed by atoms with Crippen molar-refractivity contribution in [1.82, 2.24) is 0 Å². The van der Waals surface area contributed by atoms with Gasteiger partial charge in [-0.15, -0.1) is 0 Å². The van der Waals surface area contributed by atoms with E-state index in [1.807, 2.05) is 6.07 Å². The van der Waals surface area contributed by atoms with Gasteiger partial charge in [0, 0.05) is 16.6 Å². The molecule has 0 radical (unpaired) electrons. The zero-order valence-electron chi connectivity index (χ0n) is 35.0. The third-order valence-electron chi connectivity index (χ3n) is 12.7. The maximum Gasteiger partial charge on any atom is 0.137 e. The lowest BCUT2D eigenvalue weighted by atomic mass is 9.84. The van der Waals surface area contributed by atoms with Gasteiger partial charge in [0.25, 0.3) is 0 Å². The number of furan rings is 1. The average molecular weight is 816 g/mol. The molecule has 0 amide bonds. The lowest BCUT2D eigenvalue weighted by molar-refractivity contribution is 0.669. The summed E-state index contributed by atoms with van der Waals surface area (Å²) >= 11 is 0. The molecule has 0 saturated heterocycles. The maximum atomic E-state index is 6.50. The summed E-state index contributed by atoms with van der Waals surface area (Å²) in [5, 5.41) is 7.15. The fourth-order valence-electron chi connectivity index (χ4n) is 9.72. The Morgan fingerprint density at radius 2 is 0.750 bits per heavy atom. The second kappa shape index (κ2) is 15.8. The zero-order valence-corrected chi connectivity index (χ0v) is 35.0. The van der Waals surface area contributed by atoms with Crippen LogP contribution in [0.3, 0.4) is 0 Å². The van der Waals surface area contributed by atoms with E-state index in [1.54, 1.807) is 0 Å². The Morgan fingerprint density at radius 1 is 0.266 bits per heavy atom. The first-order valence-electron chi connectivity index (χ1n) is 21.9. The van der Waals surface area contributed by atoms with Gasteiger partial charge in [-0.25, -0.2) is 0 Å². The molecule has 1 heterocycles. The summed E-state index contributed by atoms with van der Waals surface area (Å²) in [5.41, 5.74) is 16.8. The van der Waals surface area contributed by atoms with Crippen molar-refractivity contribution in [3.8, 4) is 55.6 Å². The largest absolute Gasteiger partial charge is 0.456 e. The molecule has 0 aliphatic carbocycles. The summed E-state index contributed by atoms with van der Waals surface area (Å²) in [6.07, 6.45) is 0. The predicted octanol–water partition coefficient (Wildman–Crippen LogP) is 17.7. The number of anilines is 3. The minimum atomic E-state index is 0.857. The number of benzene rings is 11. The van der Waals surface area contributed by atoms with Crippen LogP contribution in [0.1, 0.15) is 0 Å². The number of hydrogen-bond acceptors (Lipinski definition) is 2. The molecule has 0 atom stereocenters. The van der Waals surface area contributed by atoms with Gasteiger partial charge in [0.15, 0.2) is 0 Å². The van der Waals surface area contributed by atoms with Crippen molar-refractivity contribution in [2.24, 2.45) is 0 Å². The highest BCUT2D eigenvalue weighted by molar-refractivity contribution is 6.22. The first kappa shape index (κ1) is 37.3. The monoisotopic (exact) mass is 815 g/mol. The Morgan fingerprint density at radius 3 is 1.44 bits per heavy atom. The van der Waals surface area contributed by atoms with Crippen molar-refractivity contribution >= 4 is 60.5 Å². The average Bonchev–Trinajstić information content (AvgIpc) is 3.77. The summed E-state index contributed by atoms with van der Waals surface area (Å²) < 4.78 is 6.50. The van der Waals surface area contributed by atoms with Crippen LogP contribution in [-0.2, 0) is 0 Å². The first-order chi connectivity index (χ1) is 31.8. The van der Waals surface area contributed by atoms with Crippen molar-refractivity contribution in [3.05, 3.63) is 249 Å². The molecule has 0 fully saturated rings. The SMILES string of the molecule is c1ccc(-c2ccc(N(c3ccc(-c4ccc5c(c4)c(-c4ccccc4)c(-c4ccccc4)c4ccccc45)cc3)c3cccc4oc5ccccc5c34)c(-c3ccccc3)c2)cc1. The Bertz CT molecular complexity index is 3630. The molecule has 11 aromatic carbocycles. The quantitative estimate of drug-likeness (QED) is 0.142. The lowest BCUT2D eigenvalue weighted by Crippen LogP contribution is -2.11. The molecule has 0 saturated carbocycles. The molecule has 300 valence electrons. The predicted molar refractivity (Wildman–Crippen MR) is 271 cm³/mol. The molecule has 0 N–H and O–H groups in total. The van der Waals surface area contributed by atoms with E-state index in [4.69, 9.17) is 4.42 Å². The van der Waals surface area contributed by atoms with Crippen LogP contribution < -0.4 is 4.90 Å². The van der Waals surface area contributed by atoms with E-state index in [1.165, 1.54) is 54.9 Å². The van der Waals surface area contributed by atoms with Gasteiger partial charge in [0.1, 0.15) is 11.2 Å². The summed E-state index contributed by atoms with van der Waals surface area (Å²) in [5.74, 6) is 0. The van der Waals surface area contributed by atoms with Crippen molar-refractivity contribution in [1.29, 1.82) is 0 Å². The second-order valence-electron chi connectivity index (χ2n) is 16.4. The molecule has 0 spiro atoms. The number of hydrogen-bond donors (Lipinski definition) is 0. The Labute approximate surface area is 372 Å². The summed E-state index contributed by atoms with van der Waals surface area (Å²) in [6.45, 7) is 0. The molecule has 0 aliphatic rings. The fourth-order valence-corrected chi connectivity index (χ4v) is 9.72. The summed E-state index contributed by atoms with van der Waals surface area (Å²) in [4.78, 5) is 2.41. The van der Waals surface area contributed by atoms with Crippen molar-refractivity contribution in [2.45, 2.75) is 0 Å². The summed E-state index contributed by atoms with van der Waals surface area (Å²) in [7, 11) is 0. The van der Waals surface area contributed by atoms with Crippen molar-refractivity contribution < 1.29 is 4.42 Å². The molecule has 0 bridgehead atoms. The highest BCUT2D eigenvalue weighted by atomic mass is 16.3. The molecular weight excluding hydrogens is 775 g/mol. The van der Waals surface area contributed by atoms with Crippen LogP contribution in [0.2, 0.25) is 0 Å². The van der Waals surface area contributed by atoms with Gasteiger partial charge in [-0.3, -0.25) is 0 Å². The van der Waals surface area contributed by atoms with Crippen LogP contribution in [0.5, 0.6) is 0 Å². The molecule has 64 heavy (non-hydrogen) atoms. The Hall–Kier alpha value is -8.46. The summed E-state index contributed by atoms with van der Waals surface area (Å²) in [6, 6.07) is 89.7. The second-order valence-corrected chi connectivity index (χ2v) is 16.4. The highest BCUT2D eigenvalue weighted by Crippen LogP contribution is 2.48. The van der Waals surface area contributed by atoms with E-state index in [-0.39, 0.29) is 0 Å².